The summed E-state index contributed by atoms with van der Waals surface area (Å²) in [6.45, 7) is 12.6. The van der Waals surface area contributed by atoms with E-state index in [-0.39, 0.29) is 18.4 Å². The number of fused-ring (bicyclic) bond motifs is 2. The van der Waals surface area contributed by atoms with Crippen LogP contribution in [0, 0.1) is 11.8 Å². The molecule has 4 rings (SSSR count). The fourth-order valence-corrected chi connectivity index (χ4v) is 6.63. The van der Waals surface area contributed by atoms with E-state index in [9.17, 15) is 13.8 Å². The quantitative estimate of drug-likeness (QED) is 0.267. The summed E-state index contributed by atoms with van der Waals surface area (Å²) in [7, 11) is -1.58. The van der Waals surface area contributed by atoms with E-state index in [1.807, 2.05) is 12.1 Å². The molecule has 1 aliphatic heterocycles. The molecule has 3 aromatic carbocycles. The molecule has 0 spiro atoms. The van der Waals surface area contributed by atoms with Crippen molar-refractivity contribution < 1.29 is 13.8 Å². The van der Waals surface area contributed by atoms with Gasteiger partial charge in [-0.15, -0.1) is 0 Å². The van der Waals surface area contributed by atoms with Gasteiger partial charge in [-0.2, -0.15) is 0 Å². The number of carbonyl (C=O) groups excluding carboxylic acids is 2. The highest BCUT2D eigenvalue weighted by Crippen LogP contribution is 2.36. The van der Waals surface area contributed by atoms with Crippen molar-refractivity contribution in [2.24, 2.45) is 11.8 Å². The van der Waals surface area contributed by atoms with Gasteiger partial charge in [0, 0.05) is 30.2 Å². The standard InChI is InChI=1S/C32H38ClN3O3S/c1-22(2)19-35(20-23(3)4)16-8-15-34-31(37)25-13-14-30-28(18-25)36(21-24-9-7-10-26(33)17-24)32(38)27-11-5-6-12-29(27)40(30)39/h5-7,9-14,17-18,22-23H,8,15-16,19-21H2,1-4H3,(H,34,37)/t40-/m0/s1. The van der Waals surface area contributed by atoms with Crippen molar-refractivity contribution in [2.45, 2.75) is 50.5 Å². The monoisotopic (exact) mass is 579 g/mol. The highest BCUT2D eigenvalue weighted by atomic mass is 35.5. The summed E-state index contributed by atoms with van der Waals surface area (Å²) in [6, 6.07) is 19.3. The van der Waals surface area contributed by atoms with Crippen LogP contribution in [0.5, 0.6) is 0 Å². The molecule has 1 N–H and O–H groups in total. The molecule has 40 heavy (non-hydrogen) atoms. The molecule has 3 aromatic rings. The number of carbonyl (C=O) groups is 2. The van der Waals surface area contributed by atoms with E-state index in [1.165, 1.54) is 0 Å². The molecular formula is C32H38ClN3O3S. The van der Waals surface area contributed by atoms with E-state index in [0.29, 0.717) is 50.0 Å². The summed E-state index contributed by atoms with van der Waals surface area (Å²) >= 11 is 6.22. The number of anilines is 1. The molecule has 0 bridgehead atoms. The van der Waals surface area contributed by atoms with Gasteiger partial charge in [-0.1, -0.05) is 63.6 Å². The molecule has 0 saturated heterocycles. The second-order valence-corrected chi connectivity index (χ2v) is 13.0. The molecule has 0 radical (unpaired) electrons. The predicted molar refractivity (Wildman–Crippen MR) is 163 cm³/mol. The number of nitrogens with zero attached hydrogens (tertiary/aromatic N) is 2. The first-order valence-corrected chi connectivity index (χ1v) is 15.4. The first-order chi connectivity index (χ1) is 19.1. The lowest BCUT2D eigenvalue weighted by Gasteiger charge is -2.26. The van der Waals surface area contributed by atoms with Crippen LogP contribution >= 0.6 is 11.6 Å². The van der Waals surface area contributed by atoms with E-state index in [1.54, 1.807) is 59.5 Å². The van der Waals surface area contributed by atoms with Gasteiger partial charge in [0.15, 0.2) is 0 Å². The van der Waals surface area contributed by atoms with Crippen molar-refractivity contribution in [3.63, 3.8) is 0 Å². The number of hydrogen-bond donors (Lipinski definition) is 1. The molecule has 1 atom stereocenters. The SMILES string of the molecule is CC(C)CN(CCCNC(=O)c1ccc2c(c1)N(Cc1cccc(Cl)c1)C(=O)c1ccccc1[S@@]2=O)CC(C)C. The van der Waals surface area contributed by atoms with Crippen molar-refractivity contribution in [3.05, 3.63) is 88.4 Å². The summed E-state index contributed by atoms with van der Waals surface area (Å²) in [5.74, 6) is 0.685. The third kappa shape index (κ3) is 7.39. The van der Waals surface area contributed by atoms with Gasteiger partial charge in [0.05, 0.1) is 38.4 Å². The van der Waals surface area contributed by atoms with Crippen LogP contribution < -0.4 is 10.2 Å². The zero-order valence-electron chi connectivity index (χ0n) is 23.7. The largest absolute Gasteiger partial charge is 0.352 e. The van der Waals surface area contributed by atoms with Gasteiger partial charge in [0.2, 0.25) is 0 Å². The molecule has 6 nitrogen and oxygen atoms in total. The number of rotatable bonds is 11. The Bertz CT molecular complexity index is 1380. The zero-order chi connectivity index (χ0) is 28.8. The van der Waals surface area contributed by atoms with Crippen LogP contribution in [0.15, 0.2) is 76.5 Å². The topological polar surface area (TPSA) is 69.7 Å². The predicted octanol–water partition coefficient (Wildman–Crippen LogP) is 6.40. The Balaban J connectivity index is 1.56. The van der Waals surface area contributed by atoms with Crippen LogP contribution in [0.3, 0.4) is 0 Å². The molecule has 2 amide bonds. The van der Waals surface area contributed by atoms with Crippen LogP contribution in [-0.2, 0) is 17.3 Å². The second-order valence-electron chi connectivity index (χ2n) is 11.1. The number of amides is 2. The normalized spacial score (nSPS) is 14.8. The summed E-state index contributed by atoms with van der Waals surface area (Å²) in [5.41, 5.74) is 2.11. The summed E-state index contributed by atoms with van der Waals surface area (Å²) in [5, 5.41) is 3.60. The zero-order valence-corrected chi connectivity index (χ0v) is 25.2. The molecule has 212 valence electrons. The van der Waals surface area contributed by atoms with E-state index in [4.69, 9.17) is 11.6 Å². The Morgan fingerprint density at radius 1 is 0.950 bits per heavy atom. The van der Waals surface area contributed by atoms with Gasteiger partial charge in [-0.3, -0.25) is 9.59 Å². The Hall–Kier alpha value is -3.00. The van der Waals surface area contributed by atoms with Gasteiger partial charge in [0.1, 0.15) is 0 Å². The summed E-state index contributed by atoms with van der Waals surface area (Å²) < 4.78 is 13.6. The van der Waals surface area contributed by atoms with Gasteiger partial charge in [0.25, 0.3) is 11.8 Å². The maximum Gasteiger partial charge on any atom is 0.259 e. The van der Waals surface area contributed by atoms with Gasteiger partial charge >= 0.3 is 0 Å². The smallest absolute Gasteiger partial charge is 0.259 e. The van der Waals surface area contributed by atoms with Gasteiger partial charge in [-0.05, 0) is 72.8 Å². The lowest BCUT2D eigenvalue weighted by Crippen LogP contribution is -2.34. The van der Waals surface area contributed by atoms with Gasteiger partial charge < -0.3 is 15.1 Å². The van der Waals surface area contributed by atoms with Crippen LogP contribution in [0.25, 0.3) is 0 Å². The second kappa shape index (κ2) is 13.6. The minimum absolute atomic E-state index is 0.218. The third-order valence-electron chi connectivity index (χ3n) is 6.69. The Morgan fingerprint density at radius 2 is 1.68 bits per heavy atom. The van der Waals surface area contributed by atoms with Crippen molar-refractivity contribution in [2.75, 3.05) is 31.1 Å². The molecule has 0 fully saturated rings. The first-order valence-electron chi connectivity index (χ1n) is 13.9. The summed E-state index contributed by atoms with van der Waals surface area (Å²) in [6.07, 6.45) is 0.842. The maximum atomic E-state index is 13.8. The molecule has 8 heteroatoms. The van der Waals surface area contributed by atoms with E-state index >= 15 is 0 Å². The average Bonchev–Trinajstić information content (AvgIpc) is 2.99. The lowest BCUT2D eigenvalue weighted by molar-refractivity contribution is 0.0947. The van der Waals surface area contributed by atoms with Crippen molar-refractivity contribution in [1.29, 1.82) is 0 Å². The molecule has 1 heterocycles. The molecule has 0 unspecified atom stereocenters. The number of hydrogen-bond acceptors (Lipinski definition) is 4. The van der Waals surface area contributed by atoms with E-state index < -0.39 is 10.8 Å². The van der Waals surface area contributed by atoms with E-state index in [2.05, 4.69) is 37.9 Å². The summed E-state index contributed by atoms with van der Waals surface area (Å²) in [4.78, 5) is 32.0. The fraction of sp³-hybridized carbons (Fsp3) is 0.375. The Labute approximate surface area is 245 Å². The molecule has 1 aliphatic rings. The first kappa shape index (κ1) is 30.0. The van der Waals surface area contributed by atoms with Crippen LogP contribution in [0.1, 0.15) is 60.4 Å². The number of nitrogens with one attached hydrogen (secondary N) is 1. The average molecular weight is 580 g/mol. The van der Waals surface area contributed by atoms with Crippen LogP contribution in [-0.4, -0.2) is 47.1 Å². The third-order valence-corrected chi connectivity index (χ3v) is 8.42. The van der Waals surface area contributed by atoms with Gasteiger partial charge in [-0.25, -0.2) is 4.21 Å². The molecular weight excluding hydrogens is 542 g/mol. The van der Waals surface area contributed by atoms with Crippen molar-refractivity contribution in [1.82, 2.24) is 10.2 Å². The molecule has 0 aromatic heterocycles. The molecule has 0 saturated carbocycles. The van der Waals surface area contributed by atoms with Crippen LogP contribution in [0.4, 0.5) is 5.69 Å². The Kier molecular flexibility index (Phi) is 10.2. The number of benzene rings is 3. The maximum absolute atomic E-state index is 13.8. The van der Waals surface area contributed by atoms with Crippen molar-refractivity contribution in [3.8, 4) is 0 Å². The fourth-order valence-electron chi connectivity index (χ4n) is 5.08. The highest BCUT2D eigenvalue weighted by molar-refractivity contribution is 7.85. The Morgan fingerprint density at radius 3 is 2.38 bits per heavy atom. The van der Waals surface area contributed by atoms with Crippen molar-refractivity contribution >= 4 is 39.9 Å². The minimum atomic E-state index is -1.58. The van der Waals surface area contributed by atoms with Crippen LogP contribution in [0.2, 0.25) is 5.02 Å². The lowest BCUT2D eigenvalue weighted by atomic mass is 10.1. The van der Waals surface area contributed by atoms with E-state index in [0.717, 1.165) is 31.6 Å². The minimum Gasteiger partial charge on any atom is -0.352 e. The number of halogens is 1. The molecule has 0 aliphatic carbocycles. The highest BCUT2D eigenvalue weighted by Gasteiger charge is 2.31.